The van der Waals surface area contributed by atoms with Crippen LogP contribution in [0.1, 0.15) is 5.56 Å². The van der Waals surface area contributed by atoms with Gasteiger partial charge in [0.25, 0.3) is 11.8 Å². The van der Waals surface area contributed by atoms with Crippen molar-refractivity contribution in [3.05, 3.63) is 35.9 Å². The normalized spacial score (nSPS) is 29.5. The van der Waals surface area contributed by atoms with Gasteiger partial charge in [-0.25, -0.2) is 0 Å². The molecule has 7 heteroatoms. The fourth-order valence-corrected chi connectivity index (χ4v) is 5.17. The summed E-state index contributed by atoms with van der Waals surface area (Å²) in [5.41, 5.74) is 0.987. The van der Waals surface area contributed by atoms with Crippen molar-refractivity contribution in [3.63, 3.8) is 0 Å². The molecule has 4 rings (SSSR count). The summed E-state index contributed by atoms with van der Waals surface area (Å²) in [7, 11) is 4.18. The number of hydrogen-bond donors (Lipinski definition) is 1. The van der Waals surface area contributed by atoms with Gasteiger partial charge in [-0.05, 0) is 16.4 Å². The Hall–Kier alpha value is -1.18. The molecule has 0 aromatic heterocycles. The highest BCUT2D eigenvalue weighted by atomic mass is 33.1. The maximum atomic E-state index is 12.3. The lowest BCUT2D eigenvalue weighted by atomic mass is 10.0. The molecule has 3 aliphatic heterocycles. The van der Waals surface area contributed by atoms with Crippen LogP contribution < -0.4 is 5.32 Å². The van der Waals surface area contributed by atoms with Gasteiger partial charge < -0.3 is 5.32 Å². The van der Waals surface area contributed by atoms with Crippen LogP contribution in [-0.4, -0.2) is 34.2 Å². The van der Waals surface area contributed by atoms with Gasteiger partial charge in [-0.3, -0.25) is 14.4 Å². The standard InChI is InChI=1S/C12H12N2O3S2/c1-17-14-10(15)9-13-11(16)12(14,19-18-9)7-8-5-3-2-4-6-8/h2-6,9H,7H2,1H3,(H,13,16). The number of hydrogen-bond acceptors (Lipinski definition) is 5. The van der Waals surface area contributed by atoms with E-state index in [0.29, 0.717) is 6.42 Å². The minimum absolute atomic E-state index is 0.174. The first kappa shape index (κ1) is 12.8. The van der Waals surface area contributed by atoms with Gasteiger partial charge >= 0.3 is 0 Å². The highest BCUT2D eigenvalue weighted by Gasteiger charge is 2.59. The van der Waals surface area contributed by atoms with Crippen LogP contribution in [0.5, 0.6) is 0 Å². The molecule has 2 amide bonds. The number of carbonyl (C=O) groups excluding carboxylic acids is 2. The lowest BCUT2D eigenvalue weighted by Gasteiger charge is -2.49. The van der Waals surface area contributed by atoms with E-state index in [1.54, 1.807) is 0 Å². The number of benzene rings is 1. The Morgan fingerprint density at radius 2 is 2.11 bits per heavy atom. The van der Waals surface area contributed by atoms with Crippen LogP contribution in [-0.2, 0) is 20.8 Å². The largest absolute Gasteiger partial charge is 0.332 e. The number of hydroxylamine groups is 2. The molecular formula is C12H12N2O3S2. The van der Waals surface area contributed by atoms with Crippen molar-refractivity contribution in [2.75, 3.05) is 7.11 Å². The van der Waals surface area contributed by atoms with E-state index in [2.05, 4.69) is 5.32 Å². The molecule has 0 saturated carbocycles. The number of piperazine rings is 1. The van der Waals surface area contributed by atoms with E-state index in [-0.39, 0.29) is 11.8 Å². The first-order valence-electron chi connectivity index (χ1n) is 5.75. The lowest BCUT2D eigenvalue weighted by Crippen LogP contribution is -2.71. The summed E-state index contributed by atoms with van der Waals surface area (Å²) in [5, 5.41) is 3.39. The van der Waals surface area contributed by atoms with Gasteiger partial charge in [0.1, 0.15) is 0 Å². The zero-order valence-electron chi connectivity index (χ0n) is 10.2. The van der Waals surface area contributed by atoms with Crippen molar-refractivity contribution in [2.45, 2.75) is 16.7 Å². The molecule has 3 saturated heterocycles. The van der Waals surface area contributed by atoms with Gasteiger partial charge in [0, 0.05) is 6.42 Å². The summed E-state index contributed by atoms with van der Waals surface area (Å²) in [5.74, 6) is -0.381. The molecular weight excluding hydrogens is 284 g/mol. The molecule has 3 heterocycles. The third kappa shape index (κ3) is 1.92. The predicted molar refractivity (Wildman–Crippen MR) is 73.8 cm³/mol. The zero-order valence-corrected chi connectivity index (χ0v) is 11.8. The third-order valence-corrected chi connectivity index (χ3v) is 6.19. The van der Waals surface area contributed by atoms with Gasteiger partial charge in [-0.2, -0.15) is 5.06 Å². The molecule has 1 aromatic rings. The minimum atomic E-state index is -1.02. The first-order chi connectivity index (χ1) is 9.17. The van der Waals surface area contributed by atoms with E-state index in [1.807, 2.05) is 30.3 Å². The Morgan fingerprint density at radius 3 is 2.74 bits per heavy atom. The van der Waals surface area contributed by atoms with Crippen LogP contribution in [0.3, 0.4) is 0 Å². The van der Waals surface area contributed by atoms with Crippen molar-refractivity contribution in [1.29, 1.82) is 0 Å². The summed E-state index contributed by atoms with van der Waals surface area (Å²) >= 11 is 0. The van der Waals surface area contributed by atoms with Gasteiger partial charge in [-0.1, -0.05) is 41.1 Å². The average Bonchev–Trinajstić information content (AvgIpc) is 2.42. The molecule has 5 nitrogen and oxygen atoms in total. The molecule has 1 aromatic carbocycles. The summed E-state index contributed by atoms with van der Waals surface area (Å²) < 4.78 is 0. The number of carbonyl (C=O) groups is 2. The fourth-order valence-electron chi connectivity index (χ4n) is 2.23. The molecule has 100 valence electrons. The molecule has 3 aliphatic rings. The predicted octanol–water partition coefficient (Wildman–Crippen LogP) is 1.17. The highest BCUT2D eigenvalue weighted by Crippen LogP contribution is 2.51. The van der Waals surface area contributed by atoms with Crippen LogP contribution in [0.15, 0.2) is 30.3 Å². The number of nitrogens with one attached hydrogen (secondary N) is 1. The highest BCUT2D eigenvalue weighted by molar-refractivity contribution is 8.78. The van der Waals surface area contributed by atoms with E-state index < -0.39 is 10.2 Å². The average molecular weight is 296 g/mol. The second kappa shape index (κ2) is 4.73. The topological polar surface area (TPSA) is 58.6 Å². The van der Waals surface area contributed by atoms with E-state index in [9.17, 15) is 9.59 Å². The Kier molecular flexibility index (Phi) is 3.20. The maximum Gasteiger partial charge on any atom is 0.281 e. The Labute approximate surface area is 118 Å². The number of rotatable bonds is 3. The monoisotopic (exact) mass is 296 g/mol. The molecule has 2 bridgehead atoms. The fraction of sp³-hybridized carbons (Fsp3) is 0.333. The van der Waals surface area contributed by atoms with Crippen molar-refractivity contribution < 1.29 is 14.4 Å². The molecule has 1 N–H and O–H groups in total. The number of nitrogens with zero attached hydrogens (tertiary/aromatic N) is 1. The number of fused-ring (bicyclic) bond motifs is 3. The van der Waals surface area contributed by atoms with E-state index >= 15 is 0 Å². The molecule has 2 atom stereocenters. The molecule has 2 unspecified atom stereocenters. The van der Waals surface area contributed by atoms with Crippen LogP contribution in [0.4, 0.5) is 0 Å². The third-order valence-electron chi connectivity index (χ3n) is 3.12. The number of amides is 2. The minimum Gasteiger partial charge on any atom is -0.332 e. The molecule has 3 fully saturated rings. The van der Waals surface area contributed by atoms with Gasteiger partial charge in [0.05, 0.1) is 7.11 Å². The zero-order chi connectivity index (χ0) is 13.5. The molecule has 0 aliphatic carbocycles. The van der Waals surface area contributed by atoms with E-state index in [4.69, 9.17) is 4.84 Å². The first-order valence-corrected chi connectivity index (χ1v) is 7.96. The Balaban J connectivity index is 1.98. The lowest BCUT2D eigenvalue weighted by molar-refractivity contribution is -0.203. The maximum absolute atomic E-state index is 12.3. The van der Waals surface area contributed by atoms with E-state index in [0.717, 1.165) is 5.56 Å². The van der Waals surface area contributed by atoms with Crippen molar-refractivity contribution in [1.82, 2.24) is 10.4 Å². The summed E-state index contributed by atoms with van der Waals surface area (Å²) in [6.07, 6.45) is 0.420. The Morgan fingerprint density at radius 1 is 1.37 bits per heavy atom. The quantitative estimate of drug-likeness (QED) is 0.849. The molecule has 0 radical (unpaired) electrons. The second-order valence-corrected chi connectivity index (χ2v) is 6.88. The van der Waals surface area contributed by atoms with Crippen LogP contribution in [0.2, 0.25) is 0 Å². The Bertz CT molecular complexity index is 525. The van der Waals surface area contributed by atoms with Crippen molar-refractivity contribution in [3.8, 4) is 0 Å². The van der Waals surface area contributed by atoms with Crippen LogP contribution >= 0.6 is 21.6 Å². The van der Waals surface area contributed by atoms with Gasteiger partial charge in [0.2, 0.25) is 4.87 Å². The van der Waals surface area contributed by atoms with Gasteiger partial charge in [-0.15, -0.1) is 0 Å². The van der Waals surface area contributed by atoms with Gasteiger partial charge in [0.15, 0.2) is 5.37 Å². The summed E-state index contributed by atoms with van der Waals surface area (Å²) in [6.45, 7) is 0. The van der Waals surface area contributed by atoms with Crippen LogP contribution in [0.25, 0.3) is 0 Å². The molecule has 0 spiro atoms. The molecule has 19 heavy (non-hydrogen) atoms. The van der Waals surface area contributed by atoms with Crippen molar-refractivity contribution >= 4 is 33.4 Å². The summed E-state index contributed by atoms with van der Waals surface area (Å²) in [4.78, 5) is 28.5. The SMILES string of the molecule is CON1C(=O)C2NC(=O)C1(Cc1ccccc1)SS2. The van der Waals surface area contributed by atoms with Crippen LogP contribution in [0, 0.1) is 0 Å². The summed E-state index contributed by atoms with van der Waals surface area (Å²) in [6, 6.07) is 9.61. The van der Waals surface area contributed by atoms with E-state index in [1.165, 1.54) is 33.8 Å². The second-order valence-electron chi connectivity index (χ2n) is 4.30. The van der Waals surface area contributed by atoms with Crippen molar-refractivity contribution in [2.24, 2.45) is 0 Å². The smallest absolute Gasteiger partial charge is 0.281 e.